The first-order valence-electron chi connectivity index (χ1n) is 13.6. The molecule has 2 fully saturated rings. The molecule has 2 aliphatic rings. The molecule has 1 atom stereocenters. The fourth-order valence-electron chi connectivity index (χ4n) is 5.35. The summed E-state index contributed by atoms with van der Waals surface area (Å²) in [6.07, 6.45) is 5.74. The summed E-state index contributed by atoms with van der Waals surface area (Å²) in [5.41, 5.74) is 1.52. The predicted molar refractivity (Wildman–Crippen MR) is 151 cm³/mol. The van der Waals surface area contributed by atoms with Crippen LogP contribution in [0.5, 0.6) is 5.75 Å². The summed E-state index contributed by atoms with van der Waals surface area (Å²) in [7, 11) is 3.20. The Morgan fingerprint density at radius 1 is 1.20 bits per heavy atom. The highest BCUT2D eigenvalue weighted by molar-refractivity contribution is 5.97. The molecule has 40 heavy (non-hydrogen) atoms. The van der Waals surface area contributed by atoms with Crippen LogP contribution in [0.1, 0.15) is 31.2 Å². The number of carbonyl (C=O) groups is 3. The van der Waals surface area contributed by atoms with E-state index in [4.69, 9.17) is 4.74 Å². The van der Waals surface area contributed by atoms with Gasteiger partial charge in [0.15, 0.2) is 0 Å². The van der Waals surface area contributed by atoms with Crippen LogP contribution < -0.4 is 25.6 Å². The van der Waals surface area contributed by atoms with Gasteiger partial charge in [0.05, 0.1) is 16.8 Å². The Kier molecular flexibility index (Phi) is 7.88. The fourth-order valence-corrected chi connectivity index (χ4v) is 5.35. The Morgan fingerprint density at radius 2 is 2.00 bits per heavy atom. The Bertz CT molecular complexity index is 1390. The van der Waals surface area contributed by atoms with Crippen molar-refractivity contribution in [3.8, 4) is 5.75 Å². The molecular weight excluding hydrogens is 512 g/mol. The number of piperidine rings is 1. The van der Waals surface area contributed by atoms with Gasteiger partial charge < -0.3 is 35.5 Å². The minimum atomic E-state index is -0.833. The number of ether oxygens (including phenoxy) is 1. The van der Waals surface area contributed by atoms with E-state index in [2.05, 4.69) is 35.8 Å². The first-order chi connectivity index (χ1) is 19.3. The second kappa shape index (κ2) is 11.5. The van der Waals surface area contributed by atoms with Crippen LogP contribution in [0.25, 0.3) is 11.0 Å². The number of carbonyl (C=O) groups excluding carboxylic acids is 3. The van der Waals surface area contributed by atoms with Gasteiger partial charge in [0.2, 0.25) is 11.8 Å². The van der Waals surface area contributed by atoms with E-state index in [-0.39, 0.29) is 24.4 Å². The summed E-state index contributed by atoms with van der Waals surface area (Å²) in [6, 6.07) is 6.52. The quantitative estimate of drug-likeness (QED) is 0.352. The highest BCUT2D eigenvalue weighted by Crippen LogP contribution is 2.36. The smallest absolute Gasteiger partial charge is 0.410 e. The molecule has 5 rings (SSSR count). The molecule has 0 aliphatic carbocycles. The van der Waals surface area contributed by atoms with E-state index in [1.54, 1.807) is 44.7 Å². The van der Waals surface area contributed by atoms with E-state index < -0.39 is 11.5 Å². The van der Waals surface area contributed by atoms with Crippen LogP contribution in [0.2, 0.25) is 0 Å². The summed E-state index contributed by atoms with van der Waals surface area (Å²) in [5.74, 6) is 0.904. The van der Waals surface area contributed by atoms with Crippen molar-refractivity contribution in [1.82, 2.24) is 30.5 Å². The van der Waals surface area contributed by atoms with Crippen molar-refractivity contribution in [3.63, 3.8) is 0 Å². The second-order valence-electron chi connectivity index (χ2n) is 10.8. The Balaban J connectivity index is 1.34. The number of benzene rings is 1. The number of aromatic amines is 1. The maximum atomic E-state index is 13.9. The minimum Gasteiger partial charge on any atom is -0.410 e. The lowest BCUT2D eigenvalue weighted by atomic mass is 9.77. The molecule has 12 nitrogen and oxygen atoms in total. The van der Waals surface area contributed by atoms with Crippen LogP contribution >= 0.6 is 0 Å². The third-order valence-corrected chi connectivity index (χ3v) is 7.79. The number of fused-ring (bicyclic) bond motifs is 1. The largest absolute Gasteiger partial charge is 0.414 e. The number of nitrogens with zero attached hydrogens (tertiary/aromatic N) is 4. The van der Waals surface area contributed by atoms with Crippen LogP contribution in [0, 0.1) is 12.3 Å². The summed E-state index contributed by atoms with van der Waals surface area (Å²) < 4.78 is 5.36. The Hall–Kier alpha value is -4.19. The molecule has 4 heterocycles. The van der Waals surface area contributed by atoms with Crippen LogP contribution in [0.15, 0.2) is 36.8 Å². The van der Waals surface area contributed by atoms with Gasteiger partial charge in [-0.3, -0.25) is 9.59 Å². The van der Waals surface area contributed by atoms with Crippen LogP contribution in [0.3, 0.4) is 0 Å². The van der Waals surface area contributed by atoms with E-state index in [0.717, 1.165) is 41.8 Å². The van der Waals surface area contributed by atoms with Crippen molar-refractivity contribution >= 4 is 40.4 Å². The van der Waals surface area contributed by atoms with Gasteiger partial charge in [-0.05, 0) is 56.8 Å². The summed E-state index contributed by atoms with van der Waals surface area (Å²) in [5, 5.41) is 10.3. The highest BCUT2D eigenvalue weighted by atomic mass is 16.6. The number of nitrogens with one attached hydrogen (secondary N) is 4. The monoisotopic (exact) mass is 548 g/mol. The molecule has 12 heteroatoms. The molecule has 1 aromatic carbocycles. The number of hydrogen-bond donors (Lipinski definition) is 4. The van der Waals surface area contributed by atoms with Crippen molar-refractivity contribution < 1.29 is 19.1 Å². The van der Waals surface area contributed by atoms with Gasteiger partial charge in [0.25, 0.3) is 0 Å². The molecule has 3 aromatic rings. The lowest BCUT2D eigenvalue weighted by Crippen LogP contribution is -2.54. The predicted octanol–water partition coefficient (Wildman–Crippen LogP) is 2.42. The van der Waals surface area contributed by atoms with E-state index >= 15 is 0 Å². The number of amides is 3. The molecule has 0 radical (unpaired) electrons. The average molecular weight is 549 g/mol. The molecule has 0 unspecified atom stereocenters. The lowest BCUT2D eigenvalue weighted by molar-refractivity contribution is -0.128. The molecule has 3 amide bonds. The normalized spacial score (nSPS) is 18.4. The van der Waals surface area contributed by atoms with Crippen molar-refractivity contribution in [3.05, 3.63) is 42.4 Å². The zero-order valence-electron chi connectivity index (χ0n) is 23.1. The van der Waals surface area contributed by atoms with E-state index in [9.17, 15) is 14.4 Å². The molecule has 2 aliphatic heterocycles. The summed E-state index contributed by atoms with van der Waals surface area (Å²) in [6.45, 7) is 4.23. The third-order valence-electron chi connectivity index (χ3n) is 7.79. The molecule has 0 bridgehead atoms. The number of H-pyrrole nitrogens is 1. The van der Waals surface area contributed by atoms with Gasteiger partial charge in [-0.25, -0.2) is 14.8 Å². The van der Waals surface area contributed by atoms with E-state index in [1.807, 2.05) is 13.1 Å². The summed E-state index contributed by atoms with van der Waals surface area (Å²) >= 11 is 0. The molecule has 2 saturated heterocycles. The van der Waals surface area contributed by atoms with Gasteiger partial charge in [0, 0.05) is 51.7 Å². The zero-order valence-corrected chi connectivity index (χ0v) is 23.1. The number of hydrogen-bond acceptors (Lipinski definition) is 8. The van der Waals surface area contributed by atoms with Gasteiger partial charge in [-0.2, -0.15) is 0 Å². The molecule has 2 aromatic heterocycles. The van der Waals surface area contributed by atoms with Crippen molar-refractivity contribution in [1.29, 1.82) is 0 Å². The zero-order chi connectivity index (χ0) is 28.3. The number of aryl methyl sites for hydroxylation is 1. The maximum absolute atomic E-state index is 13.9. The number of anilines is 2. The van der Waals surface area contributed by atoms with Gasteiger partial charge in [0.1, 0.15) is 23.5 Å². The van der Waals surface area contributed by atoms with Crippen LogP contribution in [-0.2, 0) is 9.59 Å². The lowest BCUT2D eigenvalue weighted by Gasteiger charge is -2.41. The van der Waals surface area contributed by atoms with E-state index in [1.165, 1.54) is 4.90 Å². The van der Waals surface area contributed by atoms with Crippen LogP contribution in [-0.4, -0.2) is 84.1 Å². The minimum absolute atomic E-state index is 0.0786. The Morgan fingerprint density at radius 3 is 2.73 bits per heavy atom. The number of rotatable bonds is 7. The van der Waals surface area contributed by atoms with Crippen LogP contribution in [0.4, 0.5) is 16.3 Å². The van der Waals surface area contributed by atoms with Gasteiger partial charge in [-0.1, -0.05) is 6.07 Å². The SMILES string of the molecule is Cc1c[nH]c2ncnc(N3CCC(CNC(=O)[C@H]4CCCN4)(C(=O)Nc4cccc(OC(=O)N(C)C)c4)CC3)c12. The Labute approximate surface area is 232 Å². The summed E-state index contributed by atoms with van der Waals surface area (Å²) in [4.78, 5) is 54.3. The average Bonchev–Trinajstić information content (AvgIpc) is 3.63. The van der Waals surface area contributed by atoms with Crippen molar-refractivity contribution in [2.45, 2.75) is 38.6 Å². The first-order valence-corrected chi connectivity index (χ1v) is 13.6. The van der Waals surface area contributed by atoms with Gasteiger partial charge >= 0.3 is 6.09 Å². The standard InChI is InChI=1S/C28H36N8O4/c1-18-15-30-23-22(18)24(33-17-32-23)36-12-9-28(10-13-36,16-31-25(37)21-8-5-11-29-21)26(38)34-19-6-4-7-20(14-19)40-27(39)35(2)3/h4,6-7,14-15,17,21,29H,5,8-13,16H2,1-3H3,(H,31,37)(H,34,38)(H,30,32,33)/t21-/m1/s1. The maximum Gasteiger partial charge on any atom is 0.414 e. The molecule has 212 valence electrons. The van der Waals surface area contributed by atoms with Crippen molar-refractivity contribution in [2.75, 3.05) is 50.5 Å². The molecule has 0 saturated carbocycles. The van der Waals surface area contributed by atoms with Gasteiger partial charge in [-0.15, -0.1) is 0 Å². The first kappa shape index (κ1) is 27.4. The van der Waals surface area contributed by atoms with Crippen molar-refractivity contribution in [2.24, 2.45) is 5.41 Å². The highest BCUT2D eigenvalue weighted by Gasteiger charge is 2.43. The molecule has 4 N–H and O–H groups in total. The molecule has 0 spiro atoms. The topological polar surface area (TPSA) is 145 Å². The van der Waals surface area contributed by atoms with E-state index in [0.29, 0.717) is 37.4 Å². The molecular formula is C28H36N8O4. The third kappa shape index (κ3) is 5.71. The fraction of sp³-hybridized carbons (Fsp3) is 0.464. The second-order valence-corrected chi connectivity index (χ2v) is 10.8. The number of aromatic nitrogens is 3.